The van der Waals surface area contributed by atoms with E-state index in [1.165, 1.54) is 25.0 Å². The first-order chi connectivity index (χ1) is 27.6. The Hall–Kier alpha value is -4.58. The molecule has 0 bridgehead atoms. The maximum atomic E-state index is 15.6. The lowest BCUT2D eigenvalue weighted by Gasteiger charge is -2.39. The third-order valence-electron chi connectivity index (χ3n) is 10.6. The van der Waals surface area contributed by atoms with Crippen LogP contribution >= 0.6 is 0 Å². The van der Waals surface area contributed by atoms with Gasteiger partial charge in [0, 0.05) is 42.4 Å². The summed E-state index contributed by atoms with van der Waals surface area (Å²) in [6.45, 7) is 7.26. The number of phenolic OH excluding ortho intramolecular Hbond substituents is 1. The van der Waals surface area contributed by atoms with Crippen LogP contribution in [0.3, 0.4) is 0 Å². The summed E-state index contributed by atoms with van der Waals surface area (Å²) in [6, 6.07) is 15.3. The maximum Gasteiger partial charge on any atom is 0.410 e. The number of phenols is 1. The Morgan fingerprint density at radius 2 is 1.65 bits per heavy atom. The van der Waals surface area contributed by atoms with Gasteiger partial charge in [-0.2, -0.15) is 5.10 Å². The third kappa shape index (κ3) is 11.7. The summed E-state index contributed by atoms with van der Waals surface area (Å²) in [6.07, 6.45) is 14.6. The molecule has 1 unspecified atom stereocenters. The number of fused-ring (bicyclic) bond motifs is 2. The van der Waals surface area contributed by atoms with Crippen LogP contribution in [0.25, 0.3) is 10.9 Å². The third-order valence-corrected chi connectivity index (χ3v) is 10.6. The molecule has 2 atom stereocenters. The van der Waals surface area contributed by atoms with Crippen LogP contribution in [0.5, 0.6) is 17.2 Å². The minimum atomic E-state index is -0.645. The van der Waals surface area contributed by atoms with Crippen LogP contribution in [-0.2, 0) is 9.47 Å². The Kier molecular flexibility index (Phi) is 14.9. The predicted octanol–water partition coefficient (Wildman–Crippen LogP) is 11.3. The summed E-state index contributed by atoms with van der Waals surface area (Å²) in [4.78, 5) is 17.0. The molecule has 12 heteroatoms. The second-order valence-corrected chi connectivity index (χ2v) is 16.3. The molecule has 6 rings (SSSR count). The lowest BCUT2D eigenvalue weighted by molar-refractivity contribution is -0.0366. The number of ether oxygens (including phenoxy) is 4. The van der Waals surface area contributed by atoms with Crippen molar-refractivity contribution in [3.63, 3.8) is 0 Å². The number of amides is 1. The van der Waals surface area contributed by atoms with E-state index in [2.05, 4.69) is 4.90 Å². The highest BCUT2D eigenvalue weighted by Gasteiger charge is 2.33. The van der Waals surface area contributed by atoms with E-state index < -0.39 is 17.5 Å². The standard InChI is InChI=1S/C45H60F2N4O6/c1-45(2,3)57-44(53)49(22-14-11-9-7-5-4-6-8-10-13-21-46)23-25-54-38-28-35(47)27-36(29-38)50-40-26-34-31-48-51(43-16-12-15-24-55-43)39(34)30-42(40)56-32-41(50)33-17-19-37(52)20-18-33/h17-20,26-31,41,43,52H,4-16,21-25,32H2,1-3H3/t41-,43?/m0/s1. The molecule has 1 N–H and O–H groups in total. The van der Waals surface area contributed by atoms with Crippen molar-refractivity contribution in [2.75, 3.05) is 44.5 Å². The highest BCUT2D eigenvalue weighted by molar-refractivity contribution is 5.89. The monoisotopic (exact) mass is 790 g/mol. The summed E-state index contributed by atoms with van der Waals surface area (Å²) < 4.78 is 54.2. The van der Waals surface area contributed by atoms with Crippen molar-refractivity contribution < 1.29 is 37.6 Å². The zero-order valence-corrected chi connectivity index (χ0v) is 33.9. The van der Waals surface area contributed by atoms with E-state index in [1.54, 1.807) is 17.0 Å². The van der Waals surface area contributed by atoms with Gasteiger partial charge in [-0.1, -0.05) is 63.5 Å². The molecule has 310 valence electrons. The Morgan fingerprint density at radius 1 is 0.930 bits per heavy atom. The summed E-state index contributed by atoms with van der Waals surface area (Å²) >= 11 is 0. The zero-order chi connectivity index (χ0) is 40.2. The first kappa shape index (κ1) is 42.0. The van der Waals surface area contributed by atoms with Crippen LogP contribution in [0.4, 0.5) is 25.0 Å². The van der Waals surface area contributed by atoms with E-state index >= 15 is 4.39 Å². The van der Waals surface area contributed by atoms with Crippen LogP contribution < -0.4 is 14.4 Å². The first-order valence-electron chi connectivity index (χ1n) is 20.9. The molecule has 3 aromatic carbocycles. The van der Waals surface area contributed by atoms with Gasteiger partial charge in [0.25, 0.3) is 0 Å². The fourth-order valence-electron chi connectivity index (χ4n) is 7.66. The van der Waals surface area contributed by atoms with Gasteiger partial charge in [-0.15, -0.1) is 0 Å². The summed E-state index contributed by atoms with van der Waals surface area (Å²) in [5, 5.41) is 15.7. The molecule has 0 radical (unpaired) electrons. The maximum absolute atomic E-state index is 15.6. The number of halogens is 2. The van der Waals surface area contributed by atoms with Crippen molar-refractivity contribution in [2.45, 2.75) is 122 Å². The number of anilines is 2. The molecule has 2 aliphatic heterocycles. The van der Waals surface area contributed by atoms with Crippen molar-refractivity contribution in [1.29, 1.82) is 0 Å². The number of benzene rings is 3. The van der Waals surface area contributed by atoms with E-state index in [0.717, 1.165) is 86.4 Å². The quantitative estimate of drug-likeness (QED) is 0.0938. The second-order valence-electron chi connectivity index (χ2n) is 16.3. The number of unbranched alkanes of at least 4 members (excludes halogenated alkanes) is 9. The van der Waals surface area contributed by atoms with Gasteiger partial charge in [0.1, 0.15) is 41.9 Å². The molecule has 1 fully saturated rings. The van der Waals surface area contributed by atoms with E-state index in [1.807, 2.05) is 62.0 Å². The largest absolute Gasteiger partial charge is 0.508 e. The molecule has 10 nitrogen and oxygen atoms in total. The molecule has 4 aromatic rings. The van der Waals surface area contributed by atoms with Crippen LogP contribution in [0.2, 0.25) is 0 Å². The first-order valence-corrected chi connectivity index (χ1v) is 20.9. The second kappa shape index (κ2) is 20.2. The molecule has 1 amide bonds. The molecule has 0 spiro atoms. The highest BCUT2D eigenvalue weighted by atomic mass is 19.1. The smallest absolute Gasteiger partial charge is 0.410 e. The fraction of sp³-hybridized carbons (Fsp3) is 0.556. The lowest BCUT2D eigenvalue weighted by atomic mass is 10.0. The normalized spacial score (nSPS) is 17.0. The SMILES string of the molecule is CC(C)(C)OC(=O)N(CCCCCCCCCCCCF)CCOc1cc(F)cc(N2c3cc4cnn(C5CCCCO5)c4cc3OC[C@H]2c2ccc(O)cc2)c1. The average Bonchev–Trinajstić information content (AvgIpc) is 3.60. The Morgan fingerprint density at radius 3 is 2.33 bits per heavy atom. The number of rotatable bonds is 19. The van der Waals surface area contributed by atoms with Crippen molar-refractivity contribution in [2.24, 2.45) is 0 Å². The number of hydrogen-bond donors (Lipinski definition) is 1. The van der Waals surface area contributed by atoms with Crippen molar-refractivity contribution in [3.05, 3.63) is 72.2 Å². The Labute approximate surface area is 336 Å². The zero-order valence-electron chi connectivity index (χ0n) is 33.9. The van der Waals surface area contributed by atoms with Crippen LogP contribution in [0.1, 0.15) is 122 Å². The number of aromatic nitrogens is 2. The van der Waals surface area contributed by atoms with Crippen molar-refractivity contribution in [1.82, 2.24) is 14.7 Å². The molecule has 2 aliphatic rings. The van der Waals surface area contributed by atoms with Gasteiger partial charge < -0.3 is 33.9 Å². The number of carbonyl (C=O) groups excluding carboxylic acids is 1. The number of alkyl halides is 1. The van der Waals surface area contributed by atoms with Crippen molar-refractivity contribution in [3.8, 4) is 17.2 Å². The predicted molar refractivity (Wildman–Crippen MR) is 219 cm³/mol. The summed E-state index contributed by atoms with van der Waals surface area (Å²) in [7, 11) is 0. The molecule has 1 aromatic heterocycles. The van der Waals surface area contributed by atoms with E-state index in [4.69, 9.17) is 24.0 Å². The lowest BCUT2D eigenvalue weighted by Crippen LogP contribution is -2.39. The molecule has 3 heterocycles. The molecule has 57 heavy (non-hydrogen) atoms. The molecule has 0 saturated carbocycles. The number of carbonyl (C=O) groups is 1. The van der Waals surface area contributed by atoms with Crippen LogP contribution in [0, 0.1) is 5.82 Å². The Balaban J connectivity index is 1.16. The fourth-order valence-corrected chi connectivity index (χ4v) is 7.66. The van der Waals surface area contributed by atoms with Gasteiger partial charge in [0.15, 0.2) is 6.23 Å². The van der Waals surface area contributed by atoms with Gasteiger partial charge in [0.05, 0.1) is 36.7 Å². The van der Waals surface area contributed by atoms with E-state index in [9.17, 15) is 14.3 Å². The summed E-state index contributed by atoms with van der Waals surface area (Å²) in [5.41, 5.74) is 2.46. The minimum absolute atomic E-state index is 0.140. The average molecular weight is 791 g/mol. The molecular formula is C45H60F2N4O6. The van der Waals surface area contributed by atoms with Gasteiger partial charge in [-0.05, 0) is 82.7 Å². The minimum Gasteiger partial charge on any atom is -0.508 e. The number of nitrogens with zero attached hydrogens (tertiary/aromatic N) is 4. The van der Waals surface area contributed by atoms with Crippen molar-refractivity contribution >= 4 is 28.4 Å². The van der Waals surface area contributed by atoms with E-state index in [-0.39, 0.29) is 44.5 Å². The van der Waals surface area contributed by atoms with E-state index in [0.29, 0.717) is 36.8 Å². The topological polar surface area (TPSA) is 98.5 Å². The summed E-state index contributed by atoms with van der Waals surface area (Å²) in [5.74, 6) is 0.656. The van der Waals surface area contributed by atoms with Crippen LogP contribution in [0.15, 0.2) is 60.8 Å². The molecular weight excluding hydrogens is 731 g/mol. The Bertz CT molecular complexity index is 1870. The van der Waals surface area contributed by atoms with Gasteiger partial charge in [-0.3, -0.25) is 4.39 Å². The van der Waals surface area contributed by atoms with Gasteiger partial charge in [0.2, 0.25) is 0 Å². The van der Waals surface area contributed by atoms with Crippen LogP contribution in [-0.4, -0.2) is 71.1 Å². The highest BCUT2D eigenvalue weighted by Crippen LogP contribution is 2.47. The number of hydrogen-bond acceptors (Lipinski definition) is 8. The van der Waals surface area contributed by atoms with Gasteiger partial charge in [-0.25, -0.2) is 13.9 Å². The molecule has 0 aliphatic carbocycles. The molecule has 1 saturated heterocycles. The van der Waals surface area contributed by atoms with Gasteiger partial charge >= 0.3 is 6.09 Å². The number of aromatic hydroxyl groups is 1.